The van der Waals surface area contributed by atoms with E-state index in [0.29, 0.717) is 25.2 Å². The minimum Gasteiger partial charge on any atom is -0.383 e. The van der Waals surface area contributed by atoms with Gasteiger partial charge in [-0.1, -0.05) is 13.3 Å². The van der Waals surface area contributed by atoms with E-state index in [-0.39, 0.29) is 0 Å². The minimum absolute atomic E-state index is 0.509. The van der Waals surface area contributed by atoms with Crippen LogP contribution >= 0.6 is 0 Å². The largest absolute Gasteiger partial charge is 0.383 e. The number of methoxy groups -OCH3 is 1. The maximum atomic E-state index is 5.44. The highest BCUT2D eigenvalue weighted by molar-refractivity contribution is 5.79. The van der Waals surface area contributed by atoms with Gasteiger partial charge in [-0.05, 0) is 31.6 Å². The number of hydrogen-bond donors (Lipinski definition) is 3. The third-order valence-corrected chi connectivity index (χ3v) is 3.47. The molecule has 17 heavy (non-hydrogen) atoms. The molecule has 0 aromatic carbocycles. The van der Waals surface area contributed by atoms with Crippen molar-refractivity contribution in [2.75, 3.05) is 20.3 Å². The van der Waals surface area contributed by atoms with Gasteiger partial charge in [0.25, 0.3) is 0 Å². The lowest BCUT2D eigenvalue weighted by atomic mass is 9.85. The van der Waals surface area contributed by atoms with E-state index in [9.17, 15) is 0 Å². The number of hydrazine groups is 1. The van der Waals surface area contributed by atoms with Gasteiger partial charge in [-0.2, -0.15) is 0 Å². The maximum Gasteiger partial charge on any atom is 0.206 e. The highest BCUT2D eigenvalue weighted by Crippen LogP contribution is 2.26. The van der Waals surface area contributed by atoms with Gasteiger partial charge in [0.1, 0.15) is 0 Å². The molecule has 1 rings (SSSR count). The van der Waals surface area contributed by atoms with Gasteiger partial charge in [0.2, 0.25) is 5.96 Å². The molecule has 0 saturated heterocycles. The lowest BCUT2D eigenvalue weighted by Gasteiger charge is -2.29. The Kier molecular flexibility index (Phi) is 6.96. The van der Waals surface area contributed by atoms with E-state index < -0.39 is 0 Å². The second-order valence-electron chi connectivity index (χ2n) is 4.64. The SMILES string of the molecule is CCC1CCC(NC(=NCCOC)NN)CC1. The fourth-order valence-corrected chi connectivity index (χ4v) is 2.29. The van der Waals surface area contributed by atoms with Gasteiger partial charge in [0, 0.05) is 13.2 Å². The number of nitrogens with zero attached hydrogens (tertiary/aromatic N) is 1. The average molecular weight is 242 g/mol. The Labute approximate surface area is 104 Å². The van der Waals surface area contributed by atoms with Crippen LogP contribution in [0.2, 0.25) is 0 Å². The molecule has 0 unspecified atom stereocenters. The average Bonchev–Trinajstić information content (AvgIpc) is 2.38. The number of rotatable bonds is 5. The van der Waals surface area contributed by atoms with Crippen LogP contribution in [0.3, 0.4) is 0 Å². The fraction of sp³-hybridized carbons (Fsp3) is 0.917. The molecule has 0 aliphatic heterocycles. The number of guanidine groups is 1. The summed E-state index contributed by atoms with van der Waals surface area (Å²) in [7, 11) is 1.67. The van der Waals surface area contributed by atoms with Crippen LogP contribution in [0.25, 0.3) is 0 Å². The number of ether oxygens (including phenoxy) is 1. The van der Waals surface area contributed by atoms with Crippen molar-refractivity contribution in [3.05, 3.63) is 0 Å². The molecule has 5 heteroatoms. The molecule has 1 aliphatic rings. The highest BCUT2D eigenvalue weighted by atomic mass is 16.5. The Morgan fingerprint density at radius 3 is 2.59 bits per heavy atom. The fourth-order valence-electron chi connectivity index (χ4n) is 2.29. The predicted octanol–water partition coefficient (Wildman–Crippen LogP) is 1.01. The summed E-state index contributed by atoms with van der Waals surface area (Å²) in [6, 6.07) is 0.509. The van der Waals surface area contributed by atoms with Crippen molar-refractivity contribution in [1.29, 1.82) is 0 Å². The molecular weight excluding hydrogens is 216 g/mol. The maximum absolute atomic E-state index is 5.44. The van der Waals surface area contributed by atoms with Gasteiger partial charge in [0.15, 0.2) is 0 Å². The number of hydrogen-bond acceptors (Lipinski definition) is 3. The minimum atomic E-state index is 0.509. The molecule has 1 fully saturated rings. The number of nitrogens with one attached hydrogen (secondary N) is 2. The summed E-state index contributed by atoms with van der Waals surface area (Å²) in [4.78, 5) is 4.31. The van der Waals surface area contributed by atoms with Crippen molar-refractivity contribution in [2.45, 2.75) is 45.1 Å². The molecule has 1 saturated carbocycles. The summed E-state index contributed by atoms with van der Waals surface area (Å²) in [5.74, 6) is 7.03. The van der Waals surface area contributed by atoms with Crippen molar-refractivity contribution >= 4 is 5.96 Å². The first-order valence-electron chi connectivity index (χ1n) is 6.56. The number of aliphatic imine (C=N–C) groups is 1. The van der Waals surface area contributed by atoms with Gasteiger partial charge in [-0.3, -0.25) is 5.43 Å². The van der Waals surface area contributed by atoms with Crippen molar-refractivity contribution in [2.24, 2.45) is 16.8 Å². The van der Waals surface area contributed by atoms with Crippen molar-refractivity contribution in [3.8, 4) is 0 Å². The molecular formula is C12H26N4O. The van der Waals surface area contributed by atoms with E-state index in [1.54, 1.807) is 7.11 Å². The first-order chi connectivity index (χ1) is 8.30. The van der Waals surface area contributed by atoms with Crippen molar-refractivity contribution < 1.29 is 4.74 Å². The summed E-state index contributed by atoms with van der Waals surface area (Å²) in [6.07, 6.45) is 6.35. The zero-order valence-electron chi connectivity index (χ0n) is 11.0. The van der Waals surface area contributed by atoms with Crippen LogP contribution in [0.15, 0.2) is 4.99 Å². The molecule has 1 aliphatic carbocycles. The normalized spacial score (nSPS) is 25.7. The molecule has 0 heterocycles. The Hall–Kier alpha value is -0.810. The number of nitrogens with two attached hydrogens (primary N) is 1. The van der Waals surface area contributed by atoms with E-state index in [1.807, 2.05) is 0 Å². The Morgan fingerprint density at radius 2 is 2.06 bits per heavy atom. The molecule has 5 nitrogen and oxygen atoms in total. The summed E-state index contributed by atoms with van der Waals surface area (Å²) in [5, 5.41) is 3.37. The molecule has 0 amide bonds. The molecule has 0 bridgehead atoms. The summed E-state index contributed by atoms with van der Waals surface area (Å²) in [6.45, 7) is 3.53. The highest BCUT2D eigenvalue weighted by Gasteiger charge is 2.20. The van der Waals surface area contributed by atoms with Gasteiger partial charge >= 0.3 is 0 Å². The quantitative estimate of drug-likeness (QED) is 0.221. The topological polar surface area (TPSA) is 71.7 Å². The van der Waals surface area contributed by atoms with Crippen molar-refractivity contribution in [1.82, 2.24) is 10.7 Å². The third-order valence-electron chi connectivity index (χ3n) is 3.47. The van der Waals surface area contributed by atoms with Crippen LogP contribution in [0.5, 0.6) is 0 Å². The van der Waals surface area contributed by atoms with Gasteiger partial charge in [-0.25, -0.2) is 10.8 Å². The van der Waals surface area contributed by atoms with Crippen LogP contribution in [-0.4, -0.2) is 32.3 Å². The summed E-state index contributed by atoms with van der Waals surface area (Å²) < 4.78 is 4.95. The van der Waals surface area contributed by atoms with E-state index in [1.165, 1.54) is 32.1 Å². The van der Waals surface area contributed by atoms with E-state index in [4.69, 9.17) is 10.6 Å². The molecule has 0 aromatic rings. The second kappa shape index (κ2) is 8.31. The van der Waals surface area contributed by atoms with E-state index in [0.717, 1.165) is 5.92 Å². The molecule has 0 atom stereocenters. The van der Waals surface area contributed by atoms with Crippen LogP contribution in [0.4, 0.5) is 0 Å². The molecule has 0 radical (unpaired) electrons. The van der Waals surface area contributed by atoms with Crippen molar-refractivity contribution in [3.63, 3.8) is 0 Å². The Morgan fingerprint density at radius 1 is 1.35 bits per heavy atom. The standard InChI is InChI=1S/C12H26N4O/c1-3-10-4-6-11(7-5-10)15-12(16-13)14-8-9-17-2/h10-11H,3-9,13H2,1-2H3,(H2,14,15,16). The molecule has 4 N–H and O–H groups in total. The van der Waals surface area contributed by atoms with E-state index in [2.05, 4.69) is 22.7 Å². The second-order valence-corrected chi connectivity index (χ2v) is 4.64. The van der Waals surface area contributed by atoms with Crippen LogP contribution in [0.1, 0.15) is 39.0 Å². The first kappa shape index (κ1) is 14.3. The summed E-state index contributed by atoms with van der Waals surface area (Å²) in [5.41, 5.74) is 2.62. The van der Waals surface area contributed by atoms with Gasteiger partial charge < -0.3 is 10.1 Å². The zero-order chi connectivity index (χ0) is 12.5. The molecule has 0 spiro atoms. The molecule has 0 aromatic heterocycles. The smallest absolute Gasteiger partial charge is 0.206 e. The monoisotopic (exact) mass is 242 g/mol. The lowest BCUT2D eigenvalue weighted by Crippen LogP contribution is -2.47. The molecule has 100 valence electrons. The third kappa shape index (κ3) is 5.37. The zero-order valence-corrected chi connectivity index (χ0v) is 11.0. The van der Waals surface area contributed by atoms with Gasteiger partial charge in [0.05, 0.1) is 13.2 Å². The predicted molar refractivity (Wildman–Crippen MR) is 70.7 cm³/mol. The van der Waals surface area contributed by atoms with Crippen LogP contribution in [0, 0.1) is 5.92 Å². The van der Waals surface area contributed by atoms with Crippen LogP contribution < -0.4 is 16.6 Å². The van der Waals surface area contributed by atoms with Crippen LogP contribution in [-0.2, 0) is 4.74 Å². The first-order valence-corrected chi connectivity index (χ1v) is 6.56. The van der Waals surface area contributed by atoms with E-state index >= 15 is 0 Å². The van der Waals surface area contributed by atoms with Gasteiger partial charge in [-0.15, -0.1) is 0 Å². The Bertz CT molecular complexity index is 225. The lowest BCUT2D eigenvalue weighted by molar-refractivity contribution is 0.207. The summed E-state index contributed by atoms with van der Waals surface area (Å²) >= 11 is 0. The Balaban J connectivity index is 2.29.